The van der Waals surface area contributed by atoms with Gasteiger partial charge in [0, 0.05) is 12.5 Å². The minimum atomic E-state index is 0.386. The number of benzene rings is 1. The van der Waals surface area contributed by atoms with Crippen LogP contribution in [0.15, 0.2) is 18.2 Å². The molecule has 1 fully saturated rings. The van der Waals surface area contributed by atoms with Crippen LogP contribution in [0.1, 0.15) is 45.6 Å². The molecular formula is C17H27Cl2NO. The van der Waals surface area contributed by atoms with E-state index >= 15 is 0 Å². The molecule has 4 heteroatoms. The Balaban J connectivity index is 0.000000354. The molecular weight excluding hydrogens is 305 g/mol. The maximum absolute atomic E-state index is 10.1. The zero-order chi connectivity index (χ0) is 16.3. The van der Waals surface area contributed by atoms with Gasteiger partial charge >= 0.3 is 0 Å². The van der Waals surface area contributed by atoms with E-state index in [1.165, 1.54) is 25.8 Å². The Morgan fingerprint density at radius 3 is 2.29 bits per heavy atom. The van der Waals surface area contributed by atoms with Crippen LogP contribution in [-0.2, 0) is 11.2 Å². The van der Waals surface area contributed by atoms with Gasteiger partial charge in [0.2, 0.25) is 0 Å². The lowest BCUT2D eigenvalue weighted by atomic mass is 10.2. The molecule has 0 spiro atoms. The highest BCUT2D eigenvalue weighted by Crippen LogP contribution is 2.25. The first-order valence-corrected chi connectivity index (χ1v) is 8.41. The molecule has 0 saturated heterocycles. The fraction of sp³-hybridized carbons (Fsp3) is 0.588. The molecule has 2 rings (SSSR count). The maximum atomic E-state index is 10.1. The molecule has 0 aliphatic heterocycles. The number of halogens is 2. The molecule has 120 valence electrons. The SMILES string of the molecule is CC.CCCN(C)C1CC1.O=CCc1ccc(Cl)c(Cl)c1. The average molecular weight is 332 g/mol. The van der Waals surface area contributed by atoms with Gasteiger partial charge in [0.05, 0.1) is 10.0 Å². The molecule has 0 heterocycles. The summed E-state index contributed by atoms with van der Waals surface area (Å²) in [7, 11) is 2.22. The van der Waals surface area contributed by atoms with Crippen LogP contribution in [0.4, 0.5) is 0 Å². The Morgan fingerprint density at radius 1 is 1.24 bits per heavy atom. The third kappa shape index (κ3) is 9.13. The first kappa shape index (κ1) is 20.4. The quantitative estimate of drug-likeness (QED) is 0.686. The lowest BCUT2D eigenvalue weighted by molar-refractivity contribution is -0.107. The summed E-state index contributed by atoms with van der Waals surface area (Å²) in [6.45, 7) is 7.52. The highest BCUT2D eigenvalue weighted by molar-refractivity contribution is 6.42. The minimum Gasteiger partial charge on any atom is -0.303 e. The summed E-state index contributed by atoms with van der Waals surface area (Å²) in [5.41, 5.74) is 0.884. The first-order valence-electron chi connectivity index (χ1n) is 7.66. The molecule has 0 aromatic heterocycles. The largest absolute Gasteiger partial charge is 0.303 e. The normalized spacial score (nSPS) is 12.9. The maximum Gasteiger partial charge on any atom is 0.124 e. The predicted molar refractivity (Wildman–Crippen MR) is 93.5 cm³/mol. The van der Waals surface area contributed by atoms with Crippen molar-refractivity contribution in [1.82, 2.24) is 4.90 Å². The van der Waals surface area contributed by atoms with Gasteiger partial charge in [0.15, 0.2) is 0 Å². The molecule has 1 aliphatic rings. The zero-order valence-electron chi connectivity index (χ0n) is 13.5. The Bertz CT molecular complexity index is 406. The average Bonchev–Trinajstić information content (AvgIpc) is 3.31. The van der Waals surface area contributed by atoms with Gasteiger partial charge in [0.25, 0.3) is 0 Å². The van der Waals surface area contributed by atoms with Crippen LogP contribution in [-0.4, -0.2) is 30.8 Å². The van der Waals surface area contributed by atoms with Crippen molar-refractivity contribution in [2.45, 2.75) is 52.5 Å². The van der Waals surface area contributed by atoms with E-state index in [1.807, 2.05) is 13.8 Å². The summed E-state index contributed by atoms with van der Waals surface area (Å²) in [6, 6.07) is 6.11. The highest BCUT2D eigenvalue weighted by Gasteiger charge is 2.24. The number of carbonyl (C=O) groups excluding carboxylic acids is 1. The number of carbonyl (C=O) groups is 1. The van der Waals surface area contributed by atoms with Gasteiger partial charge in [-0.2, -0.15) is 0 Å². The number of nitrogens with zero attached hydrogens (tertiary/aromatic N) is 1. The second-order valence-corrected chi connectivity index (χ2v) is 5.65. The third-order valence-electron chi connectivity index (χ3n) is 3.05. The van der Waals surface area contributed by atoms with Crippen molar-refractivity contribution in [3.63, 3.8) is 0 Å². The fourth-order valence-electron chi connectivity index (χ4n) is 1.81. The van der Waals surface area contributed by atoms with Gasteiger partial charge in [-0.3, -0.25) is 0 Å². The molecule has 0 N–H and O–H groups in total. The lowest BCUT2D eigenvalue weighted by Gasteiger charge is -2.12. The van der Waals surface area contributed by atoms with Gasteiger partial charge in [0.1, 0.15) is 6.29 Å². The van der Waals surface area contributed by atoms with E-state index in [4.69, 9.17) is 23.2 Å². The van der Waals surface area contributed by atoms with E-state index < -0.39 is 0 Å². The van der Waals surface area contributed by atoms with Crippen molar-refractivity contribution < 1.29 is 4.79 Å². The standard InChI is InChI=1S/C8H6Cl2O.C7H15N.C2H6/c9-7-2-1-6(3-4-11)5-8(7)10;1-3-6-8(2)7-4-5-7;1-2/h1-2,4-5H,3H2;7H,3-6H2,1-2H3;1-2H3. The van der Waals surface area contributed by atoms with Crippen molar-refractivity contribution in [2.24, 2.45) is 0 Å². The van der Waals surface area contributed by atoms with E-state index in [0.29, 0.717) is 16.5 Å². The van der Waals surface area contributed by atoms with E-state index in [-0.39, 0.29) is 0 Å². The molecule has 1 saturated carbocycles. The van der Waals surface area contributed by atoms with Crippen molar-refractivity contribution >= 4 is 29.5 Å². The first-order chi connectivity index (χ1) is 10.1. The molecule has 0 bridgehead atoms. The molecule has 1 aromatic carbocycles. The highest BCUT2D eigenvalue weighted by atomic mass is 35.5. The van der Waals surface area contributed by atoms with Crippen molar-refractivity contribution in [3.05, 3.63) is 33.8 Å². The van der Waals surface area contributed by atoms with E-state index in [1.54, 1.807) is 18.2 Å². The summed E-state index contributed by atoms with van der Waals surface area (Å²) < 4.78 is 0. The Morgan fingerprint density at radius 2 is 1.86 bits per heavy atom. The smallest absolute Gasteiger partial charge is 0.124 e. The number of hydrogen-bond donors (Lipinski definition) is 0. The second-order valence-electron chi connectivity index (χ2n) is 4.83. The van der Waals surface area contributed by atoms with Gasteiger partial charge < -0.3 is 9.69 Å². The summed E-state index contributed by atoms with van der Waals surface area (Å²) >= 11 is 11.4. The number of hydrogen-bond acceptors (Lipinski definition) is 2. The Labute approximate surface area is 139 Å². The lowest BCUT2D eigenvalue weighted by Crippen LogP contribution is -2.20. The van der Waals surface area contributed by atoms with Crippen molar-refractivity contribution in [1.29, 1.82) is 0 Å². The van der Waals surface area contributed by atoms with E-state index in [0.717, 1.165) is 17.9 Å². The monoisotopic (exact) mass is 331 g/mol. The summed E-state index contributed by atoms with van der Waals surface area (Å²) in [4.78, 5) is 12.6. The second kappa shape index (κ2) is 12.0. The zero-order valence-corrected chi connectivity index (χ0v) is 15.0. The molecule has 0 radical (unpaired) electrons. The van der Waals surface area contributed by atoms with Gasteiger partial charge in [-0.15, -0.1) is 0 Å². The van der Waals surface area contributed by atoms with Gasteiger partial charge in [-0.05, 0) is 50.6 Å². The van der Waals surface area contributed by atoms with Gasteiger partial charge in [-0.1, -0.05) is 50.0 Å². The topological polar surface area (TPSA) is 20.3 Å². The van der Waals surface area contributed by atoms with Crippen LogP contribution in [0.5, 0.6) is 0 Å². The van der Waals surface area contributed by atoms with Crippen LogP contribution in [0.2, 0.25) is 10.0 Å². The molecule has 0 amide bonds. The molecule has 0 unspecified atom stereocenters. The van der Waals surface area contributed by atoms with Gasteiger partial charge in [-0.25, -0.2) is 0 Å². The summed E-state index contributed by atoms with van der Waals surface area (Å²) in [6.07, 6.45) is 5.40. The van der Waals surface area contributed by atoms with Crippen molar-refractivity contribution in [3.8, 4) is 0 Å². The Hall–Kier alpha value is -0.570. The molecule has 1 aromatic rings. The van der Waals surface area contributed by atoms with Crippen LogP contribution in [0.25, 0.3) is 0 Å². The fourth-order valence-corrected chi connectivity index (χ4v) is 2.13. The molecule has 1 aliphatic carbocycles. The van der Waals surface area contributed by atoms with Crippen LogP contribution < -0.4 is 0 Å². The molecule has 2 nitrogen and oxygen atoms in total. The predicted octanol–water partition coefficient (Wildman–Crippen LogP) is 5.25. The minimum absolute atomic E-state index is 0.386. The Kier molecular flexibility index (Phi) is 11.7. The van der Waals surface area contributed by atoms with Crippen LogP contribution >= 0.6 is 23.2 Å². The van der Waals surface area contributed by atoms with Crippen LogP contribution in [0, 0.1) is 0 Å². The van der Waals surface area contributed by atoms with Crippen molar-refractivity contribution in [2.75, 3.05) is 13.6 Å². The molecule has 0 atom stereocenters. The summed E-state index contributed by atoms with van der Waals surface area (Å²) in [5.74, 6) is 0. The number of aldehydes is 1. The molecule has 21 heavy (non-hydrogen) atoms. The number of rotatable bonds is 5. The third-order valence-corrected chi connectivity index (χ3v) is 3.79. The van der Waals surface area contributed by atoms with Crippen LogP contribution in [0.3, 0.4) is 0 Å². The summed E-state index contributed by atoms with van der Waals surface area (Å²) in [5, 5.41) is 1.01. The van der Waals surface area contributed by atoms with E-state index in [2.05, 4.69) is 18.9 Å². The van der Waals surface area contributed by atoms with E-state index in [9.17, 15) is 4.79 Å².